The summed E-state index contributed by atoms with van der Waals surface area (Å²) in [5, 5.41) is 14.5. The second kappa shape index (κ2) is 5.09. The third-order valence-electron chi connectivity index (χ3n) is 3.70. The highest BCUT2D eigenvalue weighted by Gasteiger charge is 2.34. The predicted octanol–water partition coefficient (Wildman–Crippen LogP) is 1.83. The molecule has 2 unspecified atom stereocenters. The second-order valence-corrected chi connectivity index (χ2v) is 5.09. The Kier molecular flexibility index (Phi) is 3.28. The molecule has 1 aromatic carbocycles. The quantitative estimate of drug-likeness (QED) is 0.924. The fourth-order valence-corrected chi connectivity index (χ4v) is 2.68. The molecule has 0 saturated heterocycles. The van der Waals surface area contributed by atoms with Gasteiger partial charge in [0.25, 0.3) is 0 Å². The Labute approximate surface area is 118 Å². The first-order valence-electron chi connectivity index (χ1n) is 6.80. The highest BCUT2D eigenvalue weighted by molar-refractivity contribution is 6.04. The van der Waals surface area contributed by atoms with E-state index in [1.165, 1.54) is 0 Å². The smallest absolute Gasteiger partial charge is 0.110 e. The first-order valence-corrected chi connectivity index (χ1v) is 6.80. The van der Waals surface area contributed by atoms with E-state index in [9.17, 15) is 0 Å². The van der Waals surface area contributed by atoms with Gasteiger partial charge in [0.1, 0.15) is 6.17 Å². The van der Waals surface area contributed by atoms with E-state index >= 15 is 0 Å². The Bertz CT molecular complexity index is 616. The lowest BCUT2D eigenvalue weighted by Crippen LogP contribution is -2.42. The maximum absolute atomic E-state index is 4.81. The Morgan fingerprint density at radius 1 is 1.20 bits per heavy atom. The molecule has 2 heterocycles. The number of rotatable bonds is 3. The fraction of sp³-hybridized carbons (Fsp3) is 0.333. The first-order chi connectivity index (χ1) is 9.70. The molecule has 1 N–H and O–H groups in total. The number of nitrogens with zero attached hydrogens (tertiary/aromatic N) is 4. The van der Waals surface area contributed by atoms with Crippen LogP contribution in [0.5, 0.6) is 0 Å². The summed E-state index contributed by atoms with van der Waals surface area (Å²) in [4.78, 5) is 0. The molecule has 0 bridgehead atoms. The van der Waals surface area contributed by atoms with Crippen molar-refractivity contribution >= 4 is 11.4 Å². The first kappa shape index (κ1) is 12.9. The van der Waals surface area contributed by atoms with Crippen molar-refractivity contribution in [3.63, 3.8) is 0 Å². The van der Waals surface area contributed by atoms with Gasteiger partial charge in [-0.05, 0) is 19.2 Å². The monoisotopic (exact) mass is 269 g/mol. The van der Waals surface area contributed by atoms with E-state index < -0.39 is 0 Å². The van der Waals surface area contributed by atoms with Gasteiger partial charge in [0.15, 0.2) is 0 Å². The zero-order chi connectivity index (χ0) is 14.1. The van der Waals surface area contributed by atoms with E-state index in [4.69, 9.17) is 5.10 Å². The van der Waals surface area contributed by atoms with E-state index in [2.05, 4.69) is 29.5 Å². The number of hydrogen-bond acceptors (Lipinski definition) is 4. The van der Waals surface area contributed by atoms with Gasteiger partial charge in [-0.15, -0.1) is 0 Å². The summed E-state index contributed by atoms with van der Waals surface area (Å²) in [6.07, 6.45) is 4.04. The average molecular weight is 269 g/mol. The average Bonchev–Trinajstić information content (AvgIpc) is 3.03. The van der Waals surface area contributed by atoms with Crippen molar-refractivity contribution < 1.29 is 0 Å². The molecule has 0 amide bonds. The Morgan fingerprint density at radius 3 is 2.55 bits per heavy atom. The zero-order valence-electron chi connectivity index (χ0n) is 12.0. The number of para-hydroxylation sites is 1. The maximum atomic E-state index is 4.81. The van der Waals surface area contributed by atoms with E-state index in [0.29, 0.717) is 5.92 Å². The predicted molar refractivity (Wildman–Crippen MR) is 80.7 cm³/mol. The third-order valence-corrected chi connectivity index (χ3v) is 3.70. The Morgan fingerprint density at radius 2 is 1.95 bits per heavy atom. The van der Waals surface area contributed by atoms with Crippen LogP contribution in [-0.4, -0.2) is 28.7 Å². The molecule has 0 saturated carbocycles. The number of aryl methyl sites for hydroxylation is 1. The molecule has 2 aromatic rings. The van der Waals surface area contributed by atoms with Crippen molar-refractivity contribution in [1.82, 2.24) is 15.1 Å². The van der Waals surface area contributed by atoms with Crippen LogP contribution in [0.2, 0.25) is 0 Å². The standard InChI is InChI=1S/C15H19N5/c1-11-14(12-9-17-19(3)10-12)18-20(15(11)16-2)13-7-5-4-6-8-13/h4-11,15-16H,1-3H3. The van der Waals surface area contributed by atoms with Crippen LogP contribution in [-0.2, 0) is 7.05 Å². The molecule has 2 atom stereocenters. The van der Waals surface area contributed by atoms with Gasteiger partial charge in [0.05, 0.1) is 17.6 Å². The normalized spacial score (nSPS) is 22.1. The van der Waals surface area contributed by atoms with Gasteiger partial charge in [-0.2, -0.15) is 10.2 Å². The second-order valence-electron chi connectivity index (χ2n) is 5.09. The maximum Gasteiger partial charge on any atom is 0.110 e. The van der Waals surface area contributed by atoms with Crippen LogP contribution >= 0.6 is 0 Å². The van der Waals surface area contributed by atoms with Crippen molar-refractivity contribution in [2.75, 3.05) is 12.1 Å². The largest absolute Gasteiger partial charge is 0.298 e. The molecule has 5 heteroatoms. The van der Waals surface area contributed by atoms with Crippen LogP contribution in [0, 0.1) is 5.92 Å². The van der Waals surface area contributed by atoms with E-state index in [0.717, 1.165) is 17.0 Å². The van der Waals surface area contributed by atoms with Crippen molar-refractivity contribution in [3.8, 4) is 0 Å². The summed E-state index contributed by atoms with van der Waals surface area (Å²) in [5.41, 5.74) is 3.25. The number of nitrogens with one attached hydrogen (secondary N) is 1. The molecule has 20 heavy (non-hydrogen) atoms. The lowest BCUT2D eigenvalue weighted by molar-refractivity contribution is 0.493. The van der Waals surface area contributed by atoms with Gasteiger partial charge in [-0.3, -0.25) is 10.00 Å². The number of aromatic nitrogens is 2. The molecule has 0 spiro atoms. The molecule has 1 aliphatic rings. The minimum absolute atomic E-state index is 0.160. The molecule has 0 fully saturated rings. The summed E-state index contributed by atoms with van der Waals surface area (Å²) < 4.78 is 1.81. The molecule has 1 aromatic heterocycles. The minimum atomic E-state index is 0.160. The molecule has 0 radical (unpaired) electrons. The molecule has 5 nitrogen and oxygen atoms in total. The molecule has 1 aliphatic heterocycles. The van der Waals surface area contributed by atoms with Crippen LogP contribution in [0.25, 0.3) is 0 Å². The van der Waals surface area contributed by atoms with Gasteiger partial charge in [-0.25, -0.2) is 5.01 Å². The molecular formula is C15H19N5. The Hall–Kier alpha value is -2.14. The minimum Gasteiger partial charge on any atom is -0.298 e. The topological polar surface area (TPSA) is 45.5 Å². The van der Waals surface area contributed by atoms with E-state index in [1.54, 1.807) is 0 Å². The number of hydrogen-bond donors (Lipinski definition) is 1. The third kappa shape index (κ3) is 2.10. The van der Waals surface area contributed by atoms with E-state index in [-0.39, 0.29) is 6.17 Å². The van der Waals surface area contributed by atoms with Crippen LogP contribution in [0.3, 0.4) is 0 Å². The highest BCUT2D eigenvalue weighted by atomic mass is 15.5. The van der Waals surface area contributed by atoms with Crippen LogP contribution < -0.4 is 10.3 Å². The van der Waals surface area contributed by atoms with E-state index in [1.807, 2.05) is 54.4 Å². The van der Waals surface area contributed by atoms with Gasteiger partial charge in [0.2, 0.25) is 0 Å². The SMILES string of the molecule is CNC1C(C)C(c2cnn(C)c2)=NN1c1ccccc1. The van der Waals surface area contributed by atoms with Crippen molar-refractivity contribution in [1.29, 1.82) is 0 Å². The van der Waals surface area contributed by atoms with Gasteiger partial charge >= 0.3 is 0 Å². The van der Waals surface area contributed by atoms with Gasteiger partial charge < -0.3 is 0 Å². The van der Waals surface area contributed by atoms with Crippen LogP contribution in [0.4, 0.5) is 5.69 Å². The lowest BCUT2D eigenvalue weighted by atomic mass is 9.99. The summed E-state index contributed by atoms with van der Waals surface area (Å²) in [7, 11) is 3.90. The van der Waals surface area contributed by atoms with Crippen LogP contribution in [0.1, 0.15) is 12.5 Å². The van der Waals surface area contributed by atoms with Gasteiger partial charge in [-0.1, -0.05) is 25.1 Å². The summed E-state index contributed by atoms with van der Waals surface area (Å²) in [5.74, 6) is 0.296. The number of hydrazone groups is 1. The molecular weight excluding hydrogens is 250 g/mol. The Balaban J connectivity index is 1.99. The number of anilines is 1. The lowest BCUT2D eigenvalue weighted by Gasteiger charge is -2.25. The molecule has 3 rings (SSSR count). The highest BCUT2D eigenvalue weighted by Crippen LogP contribution is 2.28. The van der Waals surface area contributed by atoms with Gasteiger partial charge in [0, 0.05) is 24.7 Å². The van der Waals surface area contributed by atoms with Crippen LogP contribution in [0.15, 0.2) is 47.8 Å². The summed E-state index contributed by atoms with van der Waals surface area (Å²) >= 11 is 0. The number of benzene rings is 1. The molecule has 104 valence electrons. The summed E-state index contributed by atoms with van der Waals surface area (Å²) in [6, 6.07) is 10.2. The summed E-state index contributed by atoms with van der Waals surface area (Å²) in [6.45, 7) is 2.19. The van der Waals surface area contributed by atoms with Crippen molar-refractivity contribution in [3.05, 3.63) is 48.3 Å². The van der Waals surface area contributed by atoms with Crippen molar-refractivity contribution in [2.45, 2.75) is 13.1 Å². The fourth-order valence-electron chi connectivity index (χ4n) is 2.68. The zero-order valence-corrected chi connectivity index (χ0v) is 12.0. The molecule has 0 aliphatic carbocycles. The van der Waals surface area contributed by atoms with Crippen molar-refractivity contribution in [2.24, 2.45) is 18.1 Å².